The quantitative estimate of drug-likeness (QED) is 0.871. The summed E-state index contributed by atoms with van der Waals surface area (Å²) in [6.07, 6.45) is 3.99. The Balaban J connectivity index is 1.76. The molecule has 0 spiro atoms. The molecule has 1 aromatic rings. The summed E-state index contributed by atoms with van der Waals surface area (Å²) in [5, 5.41) is 4.18. The van der Waals surface area contributed by atoms with E-state index < -0.39 is 0 Å². The van der Waals surface area contributed by atoms with Crippen molar-refractivity contribution in [1.82, 2.24) is 19.8 Å². The highest BCUT2D eigenvalue weighted by Gasteiger charge is 2.20. The van der Waals surface area contributed by atoms with Crippen molar-refractivity contribution >= 4 is 11.6 Å². The first-order valence-corrected chi connectivity index (χ1v) is 6.89. The van der Waals surface area contributed by atoms with E-state index in [1.807, 2.05) is 0 Å². The van der Waals surface area contributed by atoms with Crippen molar-refractivity contribution in [3.63, 3.8) is 0 Å². The number of imidazole rings is 1. The highest BCUT2D eigenvalue weighted by atomic mass is 35.5. The van der Waals surface area contributed by atoms with Crippen LogP contribution in [0.25, 0.3) is 0 Å². The van der Waals surface area contributed by atoms with Crippen LogP contribution in [-0.4, -0.2) is 34.1 Å². The van der Waals surface area contributed by atoms with Crippen LogP contribution in [0, 0.1) is 0 Å². The molecule has 1 saturated heterocycles. The molecule has 0 aliphatic carbocycles. The number of hydrogen-bond acceptors (Lipinski definition) is 3. The second-order valence-corrected chi connectivity index (χ2v) is 5.29. The normalized spacial score (nSPS) is 21.5. The lowest BCUT2D eigenvalue weighted by Crippen LogP contribution is -2.29. The second kappa shape index (κ2) is 4.96. The lowest BCUT2D eigenvalue weighted by molar-refractivity contribution is 0.219. The number of nitrogens with one attached hydrogen (secondary N) is 1. The van der Waals surface area contributed by atoms with Crippen molar-refractivity contribution in [2.45, 2.75) is 38.9 Å². The molecule has 0 saturated carbocycles. The van der Waals surface area contributed by atoms with E-state index in [0.29, 0.717) is 0 Å². The minimum Gasteiger partial charge on any atom is -0.316 e. The molecule has 3 heterocycles. The first-order chi connectivity index (χ1) is 8.34. The first kappa shape index (κ1) is 11.5. The zero-order valence-corrected chi connectivity index (χ0v) is 10.8. The maximum Gasteiger partial charge on any atom is 0.133 e. The number of halogens is 1. The molecule has 17 heavy (non-hydrogen) atoms. The summed E-state index contributed by atoms with van der Waals surface area (Å²) < 4.78 is 2.15. The average Bonchev–Trinajstić information content (AvgIpc) is 2.68. The molecule has 5 heteroatoms. The lowest BCUT2D eigenvalue weighted by Gasteiger charge is -2.25. The van der Waals surface area contributed by atoms with Gasteiger partial charge in [0.2, 0.25) is 0 Å². The third-order valence-corrected chi connectivity index (χ3v) is 4.09. The summed E-state index contributed by atoms with van der Waals surface area (Å²) in [4.78, 5) is 7.14. The molecule has 1 aromatic heterocycles. The molecule has 0 bridgehead atoms. The Morgan fingerprint density at radius 2 is 2.00 bits per heavy atom. The molecule has 94 valence electrons. The Kier molecular flexibility index (Phi) is 3.36. The van der Waals surface area contributed by atoms with E-state index in [0.717, 1.165) is 42.9 Å². The molecule has 2 aliphatic heterocycles. The fraction of sp³-hybridized carbons (Fsp3) is 0.750. The van der Waals surface area contributed by atoms with Gasteiger partial charge in [0.05, 0.1) is 12.2 Å². The van der Waals surface area contributed by atoms with Crippen molar-refractivity contribution in [1.29, 1.82) is 0 Å². The molecule has 0 unspecified atom stereocenters. The second-order valence-electron chi connectivity index (χ2n) is 4.93. The van der Waals surface area contributed by atoms with Gasteiger partial charge in [0, 0.05) is 19.6 Å². The van der Waals surface area contributed by atoms with Gasteiger partial charge in [-0.2, -0.15) is 0 Å². The third-order valence-electron chi connectivity index (χ3n) is 3.67. The van der Waals surface area contributed by atoms with Gasteiger partial charge in [-0.25, -0.2) is 4.98 Å². The summed E-state index contributed by atoms with van der Waals surface area (Å²) in [5.41, 5.74) is 1.06. The summed E-state index contributed by atoms with van der Waals surface area (Å²) in [5.74, 6) is 1.09. The predicted octanol–water partition coefficient (Wildman–Crippen LogP) is 1.63. The standard InChI is InChI=1S/C12H19ClN4/c13-12-10(9-16-5-2-1-3-6-16)15-11-8-14-4-7-17(11)12/h14H,1-9H2. The number of fused-ring (bicyclic) bond motifs is 1. The summed E-state index contributed by atoms with van der Waals surface area (Å²) in [7, 11) is 0. The molecule has 0 aromatic carbocycles. The number of likely N-dealkylation sites (tertiary alicyclic amines) is 1. The van der Waals surface area contributed by atoms with Crippen LogP contribution in [0.3, 0.4) is 0 Å². The van der Waals surface area contributed by atoms with Gasteiger partial charge in [-0.15, -0.1) is 0 Å². The van der Waals surface area contributed by atoms with Crippen LogP contribution in [0.4, 0.5) is 0 Å². The summed E-state index contributed by atoms with van der Waals surface area (Å²) >= 11 is 6.41. The van der Waals surface area contributed by atoms with Crippen LogP contribution in [-0.2, 0) is 19.6 Å². The van der Waals surface area contributed by atoms with Gasteiger partial charge in [-0.3, -0.25) is 4.90 Å². The Hall–Kier alpha value is -0.580. The van der Waals surface area contributed by atoms with E-state index >= 15 is 0 Å². The van der Waals surface area contributed by atoms with E-state index in [-0.39, 0.29) is 0 Å². The Morgan fingerprint density at radius 3 is 2.76 bits per heavy atom. The maximum atomic E-state index is 6.41. The van der Waals surface area contributed by atoms with Crippen LogP contribution in [0.2, 0.25) is 5.15 Å². The van der Waals surface area contributed by atoms with E-state index in [4.69, 9.17) is 11.6 Å². The number of hydrogen-bond donors (Lipinski definition) is 1. The van der Waals surface area contributed by atoms with Crippen molar-refractivity contribution in [2.24, 2.45) is 0 Å². The largest absolute Gasteiger partial charge is 0.316 e. The SMILES string of the molecule is Clc1c(CN2CCCCC2)nc2n1CCNC2. The lowest BCUT2D eigenvalue weighted by atomic mass is 10.1. The molecule has 1 fully saturated rings. The zero-order chi connectivity index (χ0) is 11.7. The van der Waals surface area contributed by atoms with Crippen molar-refractivity contribution in [2.75, 3.05) is 19.6 Å². The number of rotatable bonds is 2. The topological polar surface area (TPSA) is 33.1 Å². The van der Waals surface area contributed by atoms with Crippen molar-refractivity contribution < 1.29 is 0 Å². The van der Waals surface area contributed by atoms with Crippen LogP contribution >= 0.6 is 11.6 Å². The maximum absolute atomic E-state index is 6.41. The monoisotopic (exact) mass is 254 g/mol. The summed E-state index contributed by atoms with van der Waals surface area (Å²) in [6.45, 7) is 6.08. The van der Waals surface area contributed by atoms with Gasteiger partial charge in [0.15, 0.2) is 0 Å². The Bertz CT molecular complexity index is 395. The fourth-order valence-corrected chi connectivity index (χ4v) is 3.00. The molecule has 3 rings (SSSR count). The first-order valence-electron chi connectivity index (χ1n) is 6.51. The van der Waals surface area contributed by atoms with Crippen LogP contribution in [0.5, 0.6) is 0 Å². The zero-order valence-electron chi connectivity index (χ0n) is 10.1. The van der Waals surface area contributed by atoms with Crippen LogP contribution in [0.15, 0.2) is 0 Å². The van der Waals surface area contributed by atoms with E-state index in [9.17, 15) is 0 Å². The fourth-order valence-electron chi connectivity index (χ4n) is 2.71. The van der Waals surface area contributed by atoms with Crippen molar-refractivity contribution in [3.8, 4) is 0 Å². The molecule has 0 radical (unpaired) electrons. The van der Waals surface area contributed by atoms with Crippen molar-refractivity contribution in [3.05, 3.63) is 16.7 Å². The number of piperidine rings is 1. The van der Waals surface area contributed by atoms with Gasteiger partial charge >= 0.3 is 0 Å². The molecular weight excluding hydrogens is 236 g/mol. The number of nitrogens with zero attached hydrogens (tertiary/aromatic N) is 3. The van der Waals surface area contributed by atoms with Crippen LogP contribution < -0.4 is 5.32 Å². The highest BCUT2D eigenvalue weighted by molar-refractivity contribution is 6.30. The molecule has 1 N–H and O–H groups in total. The minimum absolute atomic E-state index is 0.847. The number of aromatic nitrogens is 2. The smallest absolute Gasteiger partial charge is 0.133 e. The summed E-state index contributed by atoms with van der Waals surface area (Å²) in [6, 6.07) is 0. The van der Waals surface area contributed by atoms with Gasteiger partial charge in [-0.05, 0) is 25.9 Å². The Morgan fingerprint density at radius 1 is 1.18 bits per heavy atom. The predicted molar refractivity (Wildman–Crippen MR) is 68.1 cm³/mol. The van der Waals surface area contributed by atoms with Gasteiger partial charge in [-0.1, -0.05) is 18.0 Å². The van der Waals surface area contributed by atoms with Gasteiger partial charge < -0.3 is 9.88 Å². The Labute approximate surface area is 107 Å². The van der Waals surface area contributed by atoms with E-state index in [2.05, 4.69) is 19.8 Å². The molecule has 0 amide bonds. The highest BCUT2D eigenvalue weighted by Crippen LogP contribution is 2.22. The minimum atomic E-state index is 0.847. The van der Waals surface area contributed by atoms with Gasteiger partial charge in [0.1, 0.15) is 11.0 Å². The molecule has 0 atom stereocenters. The molecule has 4 nitrogen and oxygen atoms in total. The van der Waals surface area contributed by atoms with E-state index in [1.165, 1.54) is 32.4 Å². The molecule has 2 aliphatic rings. The van der Waals surface area contributed by atoms with Crippen LogP contribution in [0.1, 0.15) is 30.8 Å². The third kappa shape index (κ3) is 2.34. The average molecular weight is 255 g/mol. The van der Waals surface area contributed by atoms with E-state index in [1.54, 1.807) is 0 Å². The molecular formula is C12H19ClN4. The van der Waals surface area contributed by atoms with Gasteiger partial charge in [0.25, 0.3) is 0 Å².